The van der Waals surface area contributed by atoms with Gasteiger partial charge in [0.05, 0.1) is 13.0 Å². The second kappa shape index (κ2) is 7.66. The molecule has 0 heterocycles. The van der Waals surface area contributed by atoms with Crippen molar-refractivity contribution < 1.29 is 14.3 Å². The molecule has 0 radical (unpaired) electrons. The van der Waals surface area contributed by atoms with Crippen LogP contribution in [0.1, 0.15) is 59.8 Å². The van der Waals surface area contributed by atoms with Gasteiger partial charge in [0.25, 0.3) is 0 Å². The van der Waals surface area contributed by atoms with Gasteiger partial charge in [-0.15, -0.1) is 0 Å². The lowest BCUT2D eigenvalue weighted by atomic mass is 9.68. The molecule has 0 saturated heterocycles. The van der Waals surface area contributed by atoms with Gasteiger partial charge in [0.15, 0.2) is 0 Å². The van der Waals surface area contributed by atoms with Crippen molar-refractivity contribution in [2.45, 2.75) is 59.8 Å². The van der Waals surface area contributed by atoms with E-state index in [4.69, 9.17) is 4.74 Å². The topological polar surface area (TPSA) is 43.4 Å². The summed E-state index contributed by atoms with van der Waals surface area (Å²) < 4.78 is 4.88. The van der Waals surface area contributed by atoms with E-state index in [1.54, 1.807) is 6.92 Å². The number of rotatable bonds is 6. The molecular formula is C16H28O3. The zero-order valence-corrected chi connectivity index (χ0v) is 12.8. The summed E-state index contributed by atoms with van der Waals surface area (Å²) in [6, 6.07) is 0. The minimum Gasteiger partial charge on any atom is -0.466 e. The Kier molecular flexibility index (Phi) is 6.53. The number of carbonyl (C=O) groups is 2. The summed E-state index contributed by atoms with van der Waals surface area (Å²) in [5.41, 5.74) is 0. The molecule has 0 aliphatic heterocycles. The molecule has 3 nitrogen and oxygen atoms in total. The number of ketones is 1. The van der Waals surface area contributed by atoms with Crippen LogP contribution in [0.15, 0.2) is 0 Å². The number of carbonyl (C=O) groups excluding carboxylic acids is 2. The summed E-state index contributed by atoms with van der Waals surface area (Å²) in [5.74, 6) is 1.83. The third-order valence-corrected chi connectivity index (χ3v) is 4.32. The fourth-order valence-corrected chi connectivity index (χ4v) is 3.22. The van der Waals surface area contributed by atoms with E-state index in [0.29, 0.717) is 30.8 Å². The Bertz CT molecular complexity index is 309. The second-order valence-corrected chi connectivity index (χ2v) is 6.20. The van der Waals surface area contributed by atoms with Crippen LogP contribution in [0.2, 0.25) is 0 Å². The predicted octanol–water partition coefficient (Wildman–Crippen LogP) is 3.61. The van der Waals surface area contributed by atoms with Crippen molar-refractivity contribution >= 4 is 11.8 Å². The van der Waals surface area contributed by atoms with Gasteiger partial charge in [-0.05, 0) is 37.5 Å². The van der Waals surface area contributed by atoms with E-state index in [-0.39, 0.29) is 24.1 Å². The van der Waals surface area contributed by atoms with Gasteiger partial charge in [0.2, 0.25) is 0 Å². The first-order chi connectivity index (χ1) is 8.95. The monoisotopic (exact) mass is 268 g/mol. The zero-order valence-electron chi connectivity index (χ0n) is 12.8. The molecule has 19 heavy (non-hydrogen) atoms. The SMILES string of the molecule is CCOC(=O)CCC(=O)C1C[C@H](C)CC[C@H]1C(C)C. The minimum atomic E-state index is -0.249. The van der Waals surface area contributed by atoms with Crippen molar-refractivity contribution in [1.82, 2.24) is 0 Å². The number of Topliss-reactive ketones (excluding diaryl/α,β-unsaturated/α-hetero) is 1. The van der Waals surface area contributed by atoms with E-state index in [1.807, 2.05) is 0 Å². The Balaban J connectivity index is 2.53. The average molecular weight is 268 g/mol. The Morgan fingerprint density at radius 1 is 1.21 bits per heavy atom. The highest BCUT2D eigenvalue weighted by Gasteiger charge is 2.34. The molecule has 0 bridgehead atoms. The maximum atomic E-state index is 12.4. The number of esters is 1. The van der Waals surface area contributed by atoms with Gasteiger partial charge in [0, 0.05) is 12.3 Å². The van der Waals surface area contributed by atoms with Gasteiger partial charge in [-0.3, -0.25) is 9.59 Å². The smallest absolute Gasteiger partial charge is 0.306 e. The Morgan fingerprint density at radius 2 is 1.89 bits per heavy atom. The lowest BCUT2D eigenvalue weighted by Gasteiger charge is -2.36. The van der Waals surface area contributed by atoms with Crippen LogP contribution in [-0.4, -0.2) is 18.4 Å². The van der Waals surface area contributed by atoms with Crippen LogP contribution in [0, 0.1) is 23.7 Å². The highest BCUT2D eigenvalue weighted by atomic mass is 16.5. The molecule has 3 heteroatoms. The Morgan fingerprint density at radius 3 is 2.47 bits per heavy atom. The van der Waals surface area contributed by atoms with Gasteiger partial charge >= 0.3 is 5.97 Å². The molecule has 0 amide bonds. The standard InChI is InChI=1S/C16H28O3/c1-5-19-16(18)9-8-15(17)14-10-12(4)6-7-13(14)11(2)3/h11-14H,5-10H2,1-4H3/t12-,13+,14?/m1/s1. The molecule has 1 unspecified atom stereocenters. The second-order valence-electron chi connectivity index (χ2n) is 6.20. The quantitative estimate of drug-likeness (QED) is 0.691. The minimum absolute atomic E-state index is 0.151. The normalized spacial score (nSPS) is 27.3. The summed E-state index contributed by atoms with van der Waals surface area (Å²) >= 11 is 0. The molecule has 0 aromatic heterocycles. The molecule has 1 aliphatic carbocycles. The predicted molar refractivity (Wildman–Crippen MR) is 75.7 cm³/mol. The summed E-state index contributed by atoms with van der Waals surface area (Å²) in [6.45, 7) is 8.81. The third kappa shape index (κ3) is 4.96. The fourth-order valence-electron chi connectivity index (χ4n) is 3.22. The molecule has 1 saturated carbocycles. The lowest BCUT2D eigenvalue weighted by molar-refractivity contribution is -0.145. The van der Waals surface area contributed by atoms with E-state index in [2.05, 4.69) is 20.8 Å². The van der Waals surface area contributed by atoms with Crippen LogP contribution in [-0.2, 0) is 14.3 Å². The van der Waals surface area contributed by atoms with Gasteiger partial charge in [-0.25, -0.2) is 0 Å². The summed E-state index contributed by atoms with van der Waals surface area (Å²) in [4.78, 5) is 23.7. The van der Waals surface area contributed by atoms with Crippen molar-refractivity contribution in [3.05, 3.63) is 0 Å². The van der Waals surface area contributed by atoms with Crippen molar-refractivity contribution in [3.8, 4) is 0 Å². The van der Waals surface area contributed by atoms with Crippen molar-refractivity contribution in [1.29, 1.82) is 0 Å². The molecule has 1 fully saturated rings. The first-order valence-corrected chi connectivity index (χ1v) is 7.64. The third-order valence-electron chi connectivity index (χ3n) is 4.32. The first kappa shape index (κ1) is 16.2. The number of hydrogen-bond acceptors (Lipinski definition) is 3. The van der Waals surface area contributed by atoms with Crippen LogP contribution >= 0.6 is 0 Å². The van der Waals surface area contributed by atoms with Gasteiger partial charge in [-0.1, -0.05) is 27.2 Å². The van der Waals surface area contributed by atoms with Crippen molar-refractivity contribution in [3.63, 3.8) is 0 Å². The summed E-state index contributed by atoms with van der Waals surface area (Å²) in [6.07, 6.45) is 3.95. The molecule has 3 atom stereocenters. The fraction of sp³-hybridized carbons (Fsp3) is 0.875. The molecule has 110 valence electrons. The molecule has 0 N–H and O–H groups in total. The lowest BCUT2D eigenvalue weighted by Crippen LogP contribution is -2.33. The largest absolute Gasteiger partial charge is 0.466 e. The van der Waals surface area contributed by atoms with Crippen molar-refractivity contribution in [2.75, 3.05) is 6.61 Å². The first-order valence-electron chi connectivity index (χ1n) is 7.64. The van der Waals surface area contributed by atoms with E-state index in [9.17, 15) is 9.59 Å². The average Bonchev–Trinajstić information content (AvgIpc) is 2.35. The van der Waals surface area contributed by atoms with Crippen LogP contribution in [0.5, 0.6) is 0 Å². The zero-order chi connectivity index (χ0) is 14.4. The Labute approximate surface area is 117 Å². The van der Waals surface area contributed by atoms with Crippen LogP contribution in [0.4, 0.5) is 0 Å². The summed E-state index contributed by atoms with van der Waals surface area (Å²) in [7, 11) is 0. The van der Waals surface area contributed by atoms with E-state index in [0.717, 1.165) is 12.8 Å². The highest BCUT2D eigenvalue weighted by molar-refractivity contribution is 5.85. The van der Waals surface area contributed by atoms with Gasteiger partial charge in [0.1, 0.15) is 5.78 Å². The van der Waals surface area contributed by atoms with Crippen LogP contribution in [0.3, 0.4) is 0 Å². The maximum absolute atomic E-state index is 12.4. The molecule has 1 rings (SSSR count). The maximum Gasteiger partial charge on any atom is 0.306 e. The molecule has 0 aromatic rings. The van der Waals surface area contributed by atoms with E-state index >= 15 is 0 Å². The van der Waals surface area contributed by atoms with E-state index < -0.39 is 0 Å². The van der Waals surface area contributed by atoms with E-state index in [1.165, 1.54) is 6.42 Å². The summed E-state index contributed by atoms with van der Waals surface area (Å²) in [5, 5.41) is 0. The molecule has 0 spiro atoms. The highest BCUT2D eigenvalue weighted by Crippen LogP contribution is 2.39. The van der Waals surface area contributed by atoms with Crippen molar-refractivity contribution in [2.24, 2.45) is 23.7 Å². The molecule has 0 aromatic carbocycles. The number of ether oxygens (including phenoxy) is 1. The molecule has 1 aliphatic rings. The molecular weight excluding hydrogens is 240 g/mol. The van der Waals surface area contributed by atoms with Crippen LogP contribution < -0.4 is 0 Å². The van der Waals surface area contributed by atoms with Crippen LogP contribution in [0.25, 0.3) is 0 Å². The van der Waals surface area contributed by atoms with Gasteiger partial charge in [-0.2, -0.15) is 0 Å². The Hall–Kier alpha value is -0.860. The number of hydrogen-bond donors (Lipinski definition) is 0. The van der Waals surface area contributed by atoms with Gasteiger partial charge < -0.3 is 4.74 Å².